The van der Waals surface area contributed by atoms with E-state index in [9.17, 15) is 13.2 Å². The zero-order chi connectivity index (χ0) is 14.2. The SMILES string of the molecule is CC(Oc1nc2c(cc1C(=N)N)CCC2)C(F)(F)F. The summed E-state index contributed by atoms with van der Waals surface area (Å²) in [4.78, 5) is 4.08. The molecule has 0 amide bonds. The molecule has 0 radical (unpaired) electrons. The molecule has 1 aliphatic carbocycles. The molecule has 4 nitrogen and oxygen atoms in total. The maximum absolute atomic E-state index is 12.5. The molecule has 0 aliphatic heterocycles. The number of hydrogen-bond acceptors (Lipinski definition) is 3. The van der Waals surface area contributed by atoms with E-state index in [4.69, 9.17) is 15.9 Å². The number of rotatable bonds is 3. The Kier molecular flexibility index (Phi) is 3.38. The molecule has 0 spiro atoms. The van der Waals surface area contributed by atoms with E-state index in [1.165, 1.54) is 0 Å². The predicted octanol–water partition coefficient (Wildman–Crippen LogP) is 2.18. The fourth-order valence-electron chi connectivity index (χ4n) is 1.97. The molecule has 3 N–H and O–H groups in total. The molecule has 1 aromatic heterocycles. The summed E-state index contributed by atoms with van der Waals surface area (Å²) in [5.74, 6) is -0.551. The number of aryl methyl sites for hydroxylation is 2. The highest BCUT2D eigenvalue weighted by atomic mass is 19.4. The molecule has 1 atom stereocenters. The average molecular weight is 273 g/mol. The van der Waals surface area contributed by atoms with Gasteiger partial charge in [-0.25, -0.2) is 4.98 Å². The predicted molar refractivity (Wildman–Crippen MR) is 63.4 cm³/mol. The number of fused-ring (bicyclic) bond motifs is 1. The Labute approximate surface area is 108 Å². The first-order valence-electron chi connectivity index (χ1n) is 5.89. The van der Waals surface area contributed by atoms with Gasteiger partial charge >= 0.3 is 6.18 Å². The van der Waals surface area contributed by atoms with Crippen molar-refractivity contribution >= 4 is 5.84 Å². The summed E-state index contributed by atoms with van der Waals surface area (Å²) >= 11 is 0. The molecule has 0 saturated heterocycles. The summed E-state index contributed by atoms with van der Waals surface area (Å²) in [6.07, 6.45) is -4.05. The van der Waals surface area contributed by atoms with E-state index in [1.54, 1.807) is 6.07 Å². The maximum Gasteiger partial charge on any atom is 0.425 e. The van der Waals surface area contributed by atoms with Crippen LogP contribution in [0.3, 0.4) is 0 Å². The van der Waals surface area contributed by atoms with Crippen LogP contribution in [0.5, 0.6) is 5.88 Å². The molecule has 104 valence electrons. The van der Waals surface area contributed by atoms with Gasteiger partial charge in [0, 0.05) is 5.69 Å². The smallest absolute Gasteiger partial charge is 0.425 e. The molecule has 0 fully saturated rings. The van der Waals surface area contributed by atoms with Gasteiger partial charge in [-0.15, -0.1) is 0 Å². The fraction of sp³-hybridized carbons (Fsp3) is 0.500. The van der Waals surface area contributed by atoms with Crippen LogP contribution in [0, 0.1) is 5.41 Å². The molecule has 2 rings (SSSR count). The highest BCUT2D eigenvalue weighted by molar-refractivity contribution is 5.97. The van der Waals surface area contributed by atoms with Crippen LogP contribution in [0.1, 0.15) is 30.2 Å². The summed E-state index contributed by atoms with van der Waals surface area (Å²) in [7, 11) is 0. The lowest BCUT2D eigenvalue weighted by molar-refractivity contribution is -0.190. The van der Waals surface area contributed by atoms with Crippen molar-refractivity contribution in [2.75, 3.05) is 0 Å². The minimum Gasteiger partial charge on any atom is -0.464 e. The second-order valence-corrected chi connectivity index (χ2v) is 4.52. The highest BCUT2D eigenvalue weighted by Gasteiger charge is 2.39. The number of pyridine rings is 1. The van der Waals surface area contributed by atoms with Crippen LogP contribution in [-0.4, -0.2) is 23.1 Å². The Bertz CT molecular complexity index is 514. The first kappa shape index (κ1) is 13.6. The van der Waals surface area contributed by atoms with Gasteiger partial charge in [0.1, 0.15) is 5.84 Å². The van der Waals surface area contributed by atoms with Gasteiger partial charge in [-0.1, -0.05) is 0 Å². The monoisotopic (exact) mass is 273 g/mol. The number of nitrogens with one attached hydrogen (secondary N) is 1. The van der Waals surface area contributed by atoms with Gasteiger partial charge < -0.3 is 10.5 Å². The molecule has 0 saturated carbocycles. The molecule has 1 heterocycles. The Hall–Kier alpha value is -1.79. The second-order valence-electron chi connectivity index (χ2n) is 4.52. The van der Waals surface area contributed by atoms with Crippen LogP contribution in [0.2, 0.25) is 0 Å². The number of nitrogens with zero attached hydrogens (tertiary/aromatic N) is 1. The van der Waals surface area contributed by atoms with Gasteiger partial charge in [0.2, 0.25) is 5.88 Å². The number of halogens is 3. The summed E-state index contributed by atoms with van der Waals surface area (Å²) in [5.41, 5.74) is 7.16. The number of amidine groups is 1. The van der Waals surface area contributed by atoms with Gasteiger partial charge in [-0.3, -0.25) is 5.41 Å². The number of nitrogen functional groups attached to an aromatic ring is 1. The zero-order valence-electron chi connectivity index (χ0n) is 10.3. The number of alkyl halides is 3. The molecule has 0 bridgehead atoms. The largest absolute Gasteiger partial charge is 0.464 e. The van der Waals surface area contributed by atoms with Crippen molar-refractivity contribution in [2.24, 2.45) is 5.73 Å². The third-order valence-electron chi connectivity index (χ3n) is 3.06. The fourth-order valence-corrected chi connectivity index (χ4v) is 1.97. The van der Waals surface area contributed by atoms with E-state index >= 15 is 0 Å². The van der Waals surface area contributed by atoms with E-state index in [2.05, 4.69) is 4.98 Å². The summed E-state index contributed by atoms with van der Waals surface area (Å²) in [6.45, 7) is 0.902. The minimum atomic E-state index is -4.48. The Balaban J connectivity index is 2.36. The highest BCUT2D eigenvalue weighted by Crippen LogP contribution is 2.29. The topological polar surface area (TPSA) is 72.0 Å². The average Bonchev–Trinajstić information content (AvgIpc) is 2.73. The quantitative estimate of drug-likeness (QED) is 0.655. The first-order valence-corrected chi connectivity index (χ1v) is 5.89. The lowest BCUT2D eigenvalue weighted by Crippen LogP contribution is -2.32. The van der Waals surface area contributed by atoms with Crippen LogP contribution in [0.4, 0.5) is 13.2 Å². The van der Waals surface area contributed by atoms with Crippen molar-refractivity contribution in [1.29, 1.82) is 5.41 Å². The molecular formula is C12H14F3N3O. The Morgan fingerprint density at radius 3 is 2.74 bits per heavy atom. The van der Waals surface area contributed by atoms with Gasteiger partial charge in [0.25, 0.3) is 0 Å². The summed E-state index contributed by atoms with van der Waals surface area (Å²) < 4.78 is 42.4. The van der Waals surface area contributed by atoms with Gasteiger partial charge in [0.05, 0.1) is 5.56 Å². The minimum absolute atomic E-state index is 0.122. The van der Waals surface area contributed by atoms with Crippen LogP contribution >= 0.6 is 0 Å². The van der Waals surface area contributed by atoms with Gasteiger partial charge in [-0.05, 0) is 37.8 Å². The number of nitrogens with two attached hydrogens (primary N) is 1. The Morgan fingerprint density at radius 1 is 1.47 bits per heavy atom. The van der Waals surface area contributed by atoms with Crippen molar-refractivity contribution in [2.45, 2.75) is 38.5 Å². The van der Waals surface area contributed by atoms with E-state index in [0.717, 1.165) is 31.0 Å². The third-order valence-corrected chi connectivity index (χ3v) is 3.06. The van der Waals surface area contributed by atoms with Crippen LogP contribution in [0.15, 0.2) is 6.07 Å². The van der Waals surface area contributed by atoms with E-state index < -0.39 is 12.3 Å². The lowest BCUT2D eigenvalue weighted by atomic mass is 10.1. The molecule has 0 aromatic carbocycles. The Morgan fingerprint density at radius 2 is 2.16 bits per heavy atom. The normalized spacial score (nSPS) is 16.0. The number of aromatic nitrogens is 1. The van der Waals surface area contributed by atoms with Crippen molar-refractivity contribution in [3.8, 4) is 5.88 Å². The van der Waals surface area contributed by atoms with Crippen molar-refractivity contribution in [3.05, 3.63) is 22.9 Å². The van der Waals surface area contributed by atoms with E-state index in [1.807, 2.05) is 0 Å². The standard InChI is InChI=1S/C12H14F3N3O/c1-6(12(13,14)15)19-11-8(10(16)17)5-7-3-2-4-9(7)18-11/h5-6H,2-4H2,1H3,(H3,16,17). The van der Waals surface area contributed by atoms with Crippen molar-refractivity contribution in [1.82, 2.24) is 4.98 Å². The van der Waals surface area contributed by atoms with Crippen molar-refractivity contribution in [3.63, 3.8) is 0 Å². The van der Waals surface area contributed by atoms with Crippen LogP contribution in [0.25, 0.3) is 0 Å². The molecule has 1 unspecified atom stereocenters. The zero-order valence-corrected chi connectivity index (χ0v) is 10.3. The number of hydrogen-bond donors (Lipinski definition) is 2. The summed E-state index contributed by atoms with van der Waals surface area (Å²) in [6, 6.07) is 1.61. The van der Waals surface area contributed by atoms with Crippen LogP contribution in [-0.2, 0) is 12.8 Å². The third kappa shape index (κ3) is 2.80. The number of ether oxygens (including phenoxy) is 1. The first-order chi connectivity index (χ1) is 8.79. The molecule has 1 aliphatic rings. The maximum atomic E-state index is 12.5. The molecule has 7 heteroatoms. The summed E-state index contributed by atoms with van der Waals surface area (Å²) in [5, 5.41) is 7.42. The van der Waals surface area contributed by atoms with Gasteiger partial charge in [-0.2, -0.15) is 13.2 Å². The van der Waals surface area contributed by atoms with Crippen LogP contribution < -0.4 is 10.5 Å². The second kappa shape index (κ2) is 4.71. The van der Waals surface area contributed by atoms with Gasteiger partial charge in [0.15, 0.2) is 6.10 Å². The van der Waals surface area contributed by atoms with E-state index in [0.29, 0.717) is 6.42 Å². The molecule has 19 heavy (non-hydrogen) atoms. The molecular weight excluding hydrogens is 259 g/mol. The van der Waals surface area contributed by atoms with Crippen molar-refractivity contribution < 1.29 is 17.9 Å². The lowest BCUT2D eigenvalue weighted by Gasteiger charge is -2.19. The van der Waals surface area contributed by atoms with E-state index in [-0.39, 0.29) is 17.3 Å². The molecule has 1 aromatic rings.